The topological polar surface area (TPSA) is 87.0 Å². The van der Waals surface area contributed by atoms with E-state index in [0.717, 1.165) is 6.42 Å². The third-order valence-electron chi connectivity index (χ3n) is 1.32. The van der Waals surface area contributed by atoms with Crippen LogP contribution in [-0.2, 0) is 9.53 Å². The van der Waals surface area contributed by atoms with Gasteiger partial charge in [0.1, 0.15) is 0 Å². The van der Waals surface area contributed by atoms with Crippen molar-refractivity contribution < 1.29 is 24.9 Å². The zero-order chi connectivity index (χ0) is 12.1. The molecule has 0 bridgehead atoms. The Bertz CT molecular complexity index is 173. The van der Waals surface area contributed by atoms with E-state index >= 15 is 0 Å². The number of carboxylic acids is 1. The molecule has 0 aliphatic rings. The standard InChI is InChI=1S/C6H10O2.C4H10O3/c1-3-4-5(2)6(7)8;5-1-3-7-4-2-6/h4H,3H2,1-2H3,(H,7,8);5-6H,1-4H2. The van der Waals surface area contributed by atoms with Crippen molar-refractivity contribution in [2.45, 2.75) is 20.3 Å². The number of carboxylic acid groups (broad SMARTS) is 1. The Balaban J connectivity index is 0. The molecule has 3 N–H and O–H groups in total. The molecule has 0 unspecified atom stereocenters. The zero-order valence-corrected chi connectivity index (χ0v) is 9.27. The highest BCUT2D eigenvalue weighted by Crippen LogP contribution is 1.92. The molecule has 0 saturated carbocycles. The zero-order valence-electron chi connectivity index (χ0n) is 9.27. The van der Waals surface area contributed by atoms with Crippen molar-refractivity contribution in [3.63, 3.8) is 0 Å². The SMILES string of the molecule is CCC=C(C)C(=O)O.OCCOCCO. The highest BCUT2D eigenvalue weighted by Gasteiger charge is 1.94. The molecular formula is C10H20O5. The average molecular weight is 220 g/mol. The Labute approximate surface area is 90.0 Å². The Hall–Kier alpha value is -0.910. The van der Waals surface area contributed by atoms with E-state index in [1.807, 2.05) is 6.92 Å². The van der Waals surface area contributed by atoms with Crippen LogP contribution in [0.1, 0.15) is 20.3 Å². The molecule has 0 radical (unpaired) electrons. The smallest absolute Gasteiger partial charge is 0.330 e. The van der Waals surface area contributed by atoms with Gasteiger partial charge in [-0.05, 0) is 13.3 Å². The molecule has 0 amide bonds. The van der Waals surface area contributed by atoms with Crippen LogP contribution in [0.2, 0.25) is 0 Å². The fourth-order valence-electron chi connectivity index (χ4n) is 0.625. The molecule has 0 rings (SSSR count). The molecule has 0 aliphatic heterocycles. The van der Waals surface area contributed by atoms with Crippen LogP contribution >= 0.6 is 0 Å². The van der Waals surface area contributed by atoms with Gasteiger partial charge in [-0.15, -0.1) is 0 Å². The van der Waals surface area contributed by atoms with Gasteiger partial charge in [0.15, 0.2) is 0 Å². The highest BCUT2D eigenvalue weighted by molar-refractivity contribution is 5.85. The van der Waals surface area contributed by atoms with Crippen LogP contribution in [0.3, 0.4) is 0 Å². The van der Waals surface area contributed by atoms with Gasteiger partial charge in [-0.3, -0.25) is 0 Å². The summed E-state index contributed by atoms with van der Waals surface area (Å²) in [6.07, 6.45) is 2.47. The monoisotopic (exact) mass is 220 g/mol. The molecule has 0 aromatic rings. The van der Waals surface area contributed by atoms with E-state index in [1.165, 1.54) is 0 Å². The van der Waals surface area contributed by atoms with Crippen LogP contribution in [0.4, 0.5) is 0 Å². The lowest BCUT2D eigenvalue weighted by Crippen LogP contribution is -2.03. The first-order chi connectivity index (χ1) is 7.09. The van der Waals surface area contributed by atoms with Gasteiger partial charge in [0, 0.05) is 5.57 Å². The lowest BCUT2D eigenvalue weighted by atomic mass is 10.2. The molecule has 0 aliphatic carbocycles. The molecule has 0 aromatic heterocycles. The van der Waals surface area contributed by atoms with E-state index < -0.39 is 5.97 Å². The van der Waals surface area contributed by atoms with Crippen molar-refractivity contribution in [3.8, 4) is 0 Å². The van der Waals surface area contributed by atoms with Crippen LogP contribution in [0.25, 0.3) is 0 Å². The third-order valence-corrected chi connectivity index (χ3v) is 1.32. The van der Waals surface area contributed by atoms with Gasteiger partial charge in [0.25, 0.3) is 0 Å². The van der Waals surface area contributed by atoms with E-state index in [4.69, 9.17) is 15.3 Å². The van der Waals surface area contributed by atoms with E-state index in [2.05, 4.69) is 4.74 Å². The lowest BCUT2D eigenvalue weighted by molar-refractivity contribution is -0.132. The predicted octanol–water partition coefficient (Wildman–Crippen LogP) is 0.415. The molecule has 0 spiro atoms. The summed E-state index contributed by atoms with van der Waals surface area (Å²) < 4.78 is 4.63. The second-order valence-corrected chi connectivity index (χ2v) is 2.66. The number of hydrogen-bond donors (Lipinski definition) is 3. The molecule has 5 heteroatoms. The van der Waals surface area contributed by atoms with Crippen LogP contribution in [-0.4, -0.2) is 47.7 Å². The molecule has 0 fully saturated rings. The van der Waals surface area contributed by atoms with E-state index in [1.54, 1.807) is 13.0 Å². The minimum absolute atomic E-state index is 0.0278. The maximum Gasteiger partial charge on any atom is 0.330 e. The summed E-state index contributed by atoms with van der Waals surface area (Å²) in [5, 5.41) is 24.4. The average Bonchev–Trinajstić information content (AvgIpc) is 2.20. The summed E-state index contributed by atoms with van der Waals surface area (Å²) in [7, 11) is 0. The molecule has 0 heterocycles. The number of ether oxygens (including phenoxy) is 1. The van der Waals surface area contributed by atoms with Gasteiger partial charge >= 0.3 is 5.97 Å². The van der Waals surface area contributed by atoms with Gasteiger partial charge in [-0.2, -0.15) is 0 Å². The number of aliphatic hydroxyl groups is 2. The maximum atomic E-state index is 10.0. The minimum atomic E-state index is -0.827. The van der Waals surface area contributed by atoms with Gasteiger partial charge < -0.3 is 20.1 Å². The van der Waals surface area contributed by atoms with Crippen LogP contribution in [0, 0.1) is 0 Å². The number of hydrogen-bond acceptors (Lipinski definition) is 4. The predicted molar refractivity (Wildman–Crippen MR) is 56.7 cm³/mol. The maximum absolute atomic E-state index is 10.0. The summed E-state index contributed by atoms with van der Waals surface area (Å²) in [4.78, 5) is 10.0. The number of rotatable bonds is 6. The number of aliphatic hydroxyl groups excluding tert-OH is 2. The van der Waals surface area contributed by atoms with Crippen molar-refractivity contribution in [1.29, 1.82) is 0 Å². The Morgan fingerprint density at radius 2 is 1.73 bits per heavy atom. The fraction of sp³-hybridized carbons (Fsp3) is 0.700. The highest BCUT2D eigenvalue weighted by atomic mass is 16.5. The van der Waals surface area contributed by atoms with Crippen molar-refractivity contribution >= 4 is 5.97 Å². The molecule has 15 heavy (non-hydrogen) atoms. The first-order valence-corrected chi connectivity index (χ1v) is 4.79. The Morgan fingerprint density at radius 3 is 1.93 bits per heavy atom. The minimum Gasteiger partial charge on any atom is -0.478 e. The number of carbonyl (C=O) groups is 1. The number of aliphatic carboxylic acids is 1. The summed E-state index contributed by atoms with van der Waals surface area (Å²) in [6, 6.07) is 0. The van der Waals surface area contributed by atoms with Crippen molar-refractivity contribution in [2.24, 2.45) is 0 Å². The fourth-order valence-corrected chi connectivity index (χ4v) is 0.625. The molecule has 0 aromatic carbocycles. The summed E-state index contributed by atoms with van der Waals surface area (Å²) >= 11 is 0. The first kappa shape index (κ1) is 16.5. The van der Waals surface area contributed by atoms with Crippen molar-refractivity contribution in [3.05, 3.63) is 11.6 Å². The summed E-state index contributed by atoms with van der Waals surface area (Å²) in [6.45, 7) is 4.19. The Morgan fingerprint density at radius 1 is 1.27 bits per heavy atom. The molecule has 0 saturated heterocycles. The molecule has 5 nitrogen and oxygen atoms in total. The second kappa shape index (κ2) is 13.1. The first-order valence-electron chi connectivity index (χ1n) is 4.79. The van der Waals surface area contributed by atoms with Crippen LogP contribution in [0.15, 0.2) is 11.6 Å². The molecule has 90 valence electrons. The molecule has 0 atom stereocenters. The lowest BCUT2D eigenvalue weighted by Gasteiger charge is -1.94. The van der Waals surface area contributed by atoms with Crippen LogP contribution in [0.5, 0.6) is 0 Å². The van der Waals surface area contributed by atoms with E-state index in [9.17, 15) is 4.79 Å². The summed E-state index contributed by atoms with van der Waals surface area (Å²) in [5.41, 5.74) is 0.424. The quantitative estimate of drug-likeness (QED) is 0.446. The van der Waals surface area contributed by atoms with E-state index in [0.29, 0.717) is 18.8 Å². The second-order valence-electron chi connectivity index (χ2n) is 2.66. The van der Waals surface area contributed by atoms with Crippen LogP contribution < -0.4 is 0 Å². The van der Waals surface area contributed by atoms with Crippen molar-refractivity contribution in [1.82, 2.24) is 0 Å². The van der Waals surface area contributed by atoms with E-state index in [-0.39, 0.29) is 13.2 Å². The van der Waals surface area contributed by atoms with Crippen molar-refractivity contribution in [2.75, 3.05) is 26.4 Å². The van der Waals surface area contributed by atoms with Gasteiger partial charge in [-0.1, -0.05) is 13.0 Å². The largest absolute Gasteiger partial charge is 0.478 e. The third kappa shape index (κ3) is 15.8. The molecular weight excluding hydrogens is 200 g/mol. The van der Waals surface area contributed by atoms with Gasteiger partial charge in [-0.25, -0.2) is 4.79 Å². The van der Waals surface area contributed by atoms with Gasteiger partial charge in [0.2, 0.25) is 0 Å². The van der Waals surface area contributed by atoms with Gasteiger partial charge in [0.05, 0.1) is 26.4 Å². The summed E-state index contributed by atoms with van der Waals surface area (Å²) in [5.74, 6) is -0.827. The normalized spacial score (nSPS) is 10.5. The Kier molecular flexibility index (Phi) is 14.4. The number of allylic oxidation sites excluding steroid dienone is 1.